The van der Waals surface area contributed by atoms with Crippen LogP contribution in [0.2, 0.25) is 0 Å². The summed E-state index contributed by atoms with van der Waals surface area (Å²) in [6.07, 6.45) is 4.50. The normalized spacial score (nSPS) is 15.3. The summed E-state index contributed by atoms with van der Waals surface area (Å²) in [5.41, 5.74) is 2.50. The maximum atomic E-state index is 13.6. The SMILES string of the molecule is COCCCN(C(=O)Cn1c(-c2ccc(F)cc2)cc2cccnc21)C1CCN(C)CC1. The lowest BCUT2D eigenvalue weighted by Crippen LogP contribution is -2.48. The van der Waals surface area contributed by atoms with E-state index in [4.69, 9.17) is 4.74 Å². The van der Waals surface area contributed by atoms with Crippen molar-refractivity contribution in [3.05, 3.63) is 54.5 Å². The Morgan fingerprint density at radius 1 is 1.22 bits per heavy atom. The van der Waals surface area contributed by atoms with Crippen molar-refractivity contribution >= 4 is 16.9 Å². The number of pyridine rings is 1. The molecule has 1 fully saturated rings. The lowest BCUT2D eigenvalue weighted by atomic mass is 10.0. The van der Waals surface area contributed by atoms with E-state index in [0.29, 0.717) is 13.2 Å². The van der Waals surface area contributed by atoms with Gasteiger partial charge in [0.1, 0.15) is 18.0 Å². The number of fused-ring (bicyclic) bond motifs is 1. The van der Waals surface area contributed by atoms with E-state index in [1.165, 1.54) is 12.1 Å². The monoisotopic (exact) mass is 438 g/mol. The third-order valence-electron chi connectivity index (χ3n) is 6.29. The van der Waals surface area contributed by atoms with Crippen LogP contribution in [0.15, 0.2) is 48.7 Å². The Kier molecular flexibility index (Phi) is 7.17. The van der Waals surface area contributed by atoms with Gasteiger partial charge in [0.15, 0.2) is 0 Å². The number of halogens is 1. The van der Waals surface area contributed by atoms with Gasteiger partial charge in [-0.25, -0.2) is 9.37 Å². The van der Waals surface area contributed by atoms with Gasteiger partial charge in [0.05, 0.1) is 5.69 Å². The predicted octanol–water partition coefficient (Wildman–Crippen LogP) is 3.80. The molecule has 0 N–H and O–H groups in total. The average molecular weight is 439 g/mol. The van der Waals surface area contributed by atoms with Crippen LogP contribution in [0.3, 0.4) is 0 Å². The van der Waals surface area contributed by atoms with Crippen molar-refractivity contribution in [2.75, 3.05) is 40.4 Å². The molecule has 0 atom stereocenters. The Bertz CT molecular complexity index is 1040. The molecule has 0 unspecified atom stereocenters. The molecular formula is C25H31FN4O2. The molecule has 3 heterocycles. The molecule has 0 saturated carbocycles. The van der Waals surface area contributed by atoms with Gasteiger partial charge in [-0.2, -0.15) is 0 Å². The first-order chi connectivity index (χ1) is 15.6. The first-order valence-electron chi connectivity index (χ1n) is 11.2. The molecular weight excluding hydrogens is 407 g/mol. The van der Waals surface area contributed by atoms with E-state index in [1.807, 2.05) is 27.7 Å². The van der Waals surface area contributed by atoms with E-state index in [0.717, 1.165) is 54.6 Å². The van der Waals surface area contributed by atoms with Crippen LogP contribution < -0.4 is 0 Å². The highest BCUT2D eigenvalue weighted by molar-refractivity contribution is 5.87. The summed E-state index contributed by atoms with van der Waals surface area (Å²) in [5, 5.41) is 0.963. The molecule has 0 aliphatic carbocycles. The quantitative estimate of drug-likeness (QED) is 0.502. The first kappa shape index (κ1) is 22.4. The molecule has 1 aliphatic rings. The van der Waals surface area contributed by atoms with Crippen LogP contribution in [0.25, 0.3) is 22.3 Å². The van der Waals surface area contributed by atoms with Crippen molar-refractivity contribution in [3.8, 4) is 11.3 Å². The van der Waals surface area contributed by atoms with Crippen molar-refractivity contribution in [3.63, 3.8) is 0 Å². The fourth-order valence-corrected chi connectivity index (χ4v) is 4.53. The zero-order chi connectivity index (χ0) is 22.5. The Balaban J connectivity index is 1.64. The first-order valence-corrected chi connectivity index (χ1v) is 11.2. The summed E-state index contributed by atoms with van der Waals surface area (Å²) in [5.74, 6) is -0.195. The number of carbonyl (C=O) groups excluding carboxylic acids is 1. The number of ether oxygens (including phenoxy) is 1. The second-order valence-corrected chi connectivity index (χ2v) is 8.51. The van der Waals surface area contributed by atoms with E-state index in [9.17, 15) is 9.18 Å². The molecule has 2 aromatic heterocycles. The molecule has 4 rings (SSSR count). The number of piperidine rings is 1. The fourth-order valence-electron chi connectivity index (χ4n) is 4.53. The second-order valence-electron chi connectivity index (χ2n) is 8.51. The van der Waals surface area contributed by atoms with Crippen LogP contribution >= 0.6 is 0 Å². The van der Waals surface area contributed by atoms with E-state index in [1.54, 1.807) is 25.4 Å². The van der Waals surface area contributed by atoms with Crippen LogP contribution in [-0.2, 0) is 16.1 Å². The number of carbonyl (C=O) groups is 1. The van der Waals surface area contributed by atoms with Gasteiger partial charge in [-0.1, -0.05) is 0 Å². The standard InChI is InChI=1S/C25H31FN4O2/c1-28-14-10-22(11-15-28)29(13-4-16-32-2)24(31)18-30-23(19-6-8-21(26)9-7-19)17-20-5-3-12-27-25(20)30/h3,5-9,12,17,22H,4,10-11,13-16,18H2,1-2H3. The van der Waals surface area contributed by atoms with Gasteiger partial charge in [-0.05, 0) is 87.4 Å². The zero-order valence-electron chi connectivity index (χ0n) is 18.8. The van der Waals surface area contributed by atoms with Gasteiger partial charge >= 0.3 is 0 Å². The maximum absolute atomic E-state index is 13.6. The number of benzene rings is 1. The molecule has 1 amide bonds. The molecule has 0 radical (unpaired) electrons. The summed E-state index contributed by atoms with van der Waals surface area (Å²) in [6, 6.07) is 12.5. The van der Waals surface area contributed by atoms with E-state index < -0.39 is 0 Å². The van der Waals surface area contributed by atoms with Gasteiger partial charge in [0.25, 0.3) is 0 Å². The number of methoxy groups -OCH3 is 1. The Hall–Kier alpha value is -2.77. The number of hydrogen-bond acceptors (Lipinski definition) is 4. The Morgan fingerprint density at radius 2 is 1.97 bits per heavy atom. The number of aromatic nitrogens is 2. The van der Waals surface area contributed by atoms with E-state index in [-0.39, 0.29) is 24.3 Å². The third kappa shape index (κ3) is 5.00. The minimum Gasteiger partial charge on any atom is -0.385 e. The van der Waals surface area contributed by atoms with Crippen LogP contribution in [0, 0.1) is 5.82 Å². The molecule has 32 heavy (non-hydrogen) atoms. The largest absolute Gasteiger partial charge is 0.385 e. The molecule has 1 saturated heterocycles. The summed E-state index contributed by atoms with van der Waals surface area (Å²) < 4.78 is 20.7. The van der Waals surface area contributed by atoms with Gasteiger partial charge in [0, 0.05) is 37.9 Å². The smallest absolute Gasteiger partial charge is 0.242 e. The van der Waals surface area contributed by atoms with E-state index in [2.05, 4.69) is 16.9 Å². The second kappa shape index (κ2) is 10.2. The van der Waals surface area contributed by atoms with Crippen LogP contribution in [0.4, 0.5) is 4.39 Å². The number of amides is 1. The number of nitrogens with zero attached hydrogens (tertiary/aromatic N) is 4. The summed E-state index contributed by atoms with van der Waals surface area (Å²) >= 11 is 0. The Labute approximate surface area is 188 Å². The molecule has 0 spiro atoms. The van der Waals surface area contributed by atoms with E-state index >= 15 is 0 Å². The molecule has 7 heteroatoms. The molecule has 170 valence electrons. The average Bonchev–Trinajstić information content (AvgIpc) is 3.16. The maximum Gasteiger partial charge on any atom is 0.242 e. The lowest BCUT2D eigenvalue weighted by Gasteiger charge is -2.37. The van der Waals surface area contributed by atoms with Crippen molar-refractivity contribution < 1.29 is 13.9 Å². The van der Waals surface area contributed by atoms with Crippen LogP contribution in [0.5, 0.6) is 0 Å². The fraction of sp³-hybridized carbons (Fsp3) is 0.440. The highest BCUT2D eigenvalue weighted by atomic mass is 19.1. The summed E-state index contributed by atoms with van der Waals surface area (Å²) in [6.45, 7) is 3.50. The van der Waals surface area contributed by atoms with Crippen molar-refractivity contribution in [1.82, 2.24) is 19.4 Å². The number of likely N-dealkylation sites (tertiary alicyclic amines) is 1. The molecule has 6 nitrogen and oxygen atoms in total. The van der Waals surface area contributed by atoms with Crippen LogP contribution in [-0.4, -0.2) is 71.7 Å². The van der Waals surface area contributed by atoms with Crippen LogP contribution in [0.1, 0.15) is 19.3 Å². The minimum atomic E-state index is -0.280. The molecule has 1 aliphatic heterocycles. The molecule has 0 bridgehead atoms. The zero-order valence-corrected chi connectivity index (χ0v) is 18.8. The number of hydrogen-bond donors (Lipinski definition) is 0. The molecule has 1 aromatic carbocycles. The van der Waals surface area contributed by atoms with Gasteiger partial charge < -0.3 is 19.1 Å². The Morgan fingerprint density at radius 3 is 2.69 bits per heavy atom. The van der Waals surface area contributed by atoms with Crippen molar-refractivity contribution in [2.45, 2.75) is 31.8 Å². The highest BCUT2D eigenvalue weighted by Gasteiger charge is 2.27. The summed E-state index contributed by atoms with van der Waals surface area (Å²) in [4.78, 5) is 22.5. The molecule has 3 aromatic rings. The van der Waals surface area contributed by atoms with Gasteiger partial charge in [0.2, 0.25) is 5.91 Å². The predicted molar refractivity (Wildman–Crippen MR) is 124 cm³/mol. The highest BCUT2D eigenvalue weighted by Crippen LogP contribution is 2.28. The number of rotatable bonds is 8. The van der Waals surface area contributed by atoms with Gasteiger partial charge in [-0.3, -0.25) is 4.79 Å². The van der Waals surface area contributed by atoms with Crippen molar-refractivity contribution in [2.24, 2.45) is 0 Å². The van der Waals surface area contributed by atoms with Crippen molar-refractivity contribution in [1.29, 1.82) is 0 Å². The minimum absolute atomic E-state index is 0.0853. The summed E-state index contributed by atoms with van der Waals surface area (Å²) in [7, 11) is 3.81. The lowest BCUT2D eigenvalue weighted by molar-refractivity contribution is -0.135. The van der Waals surface area contributed by atoms with Gasteiger partial charge in [-0.15, -0.1) is 0 Å². The third-order valence-corrected chi connectivity index (χ3v) is 6.29. The topological polar surface area (TPSA) is 50.6 Å².